The van der Waals surface area contributed by atoms with E-state index in [9.17, 15) is 0 Å². The third kappa shape index (κ3) is 3.10. The number of nitrogens with one attached hydrogen (secondary N) is 1. The molecular formula is C12H22N2. The molecule has 2 heteroatoms. The summed E-state index contributed by atoms with van der Waals surface area (Å²) in [5.74, 6) is 1.02. The number of likely N-dealkylation sites (tertiary alicyclic amines) is 1. The molecular weight excluding hydrogens is 172 g/mol. The second kappa shape index (κ2) is 4.94. The molecule has 14 heavy (non-hydrogen) atoms. The van der Waals surface area contributed by atoms with Gasteiger partial charge in [0.15, 0.2) is 0 Å². The zero-order valence-electron chi connectivity index (χ0n) is 9.04. The summed E-state index contributed by atoms with van der Waals surface area (Å²) in [6, 6.07) is 0.789. The van der Waals surface area contributed by atoms with Crippen LogP contribution < -0.4 is 5.32 Å². The molecule has 2 fully saturated rings. The van der Waals surface area contributed by atoms with Crippen molar-refractivity contribution in [1.82, 2.24) is 10.2 Å². The largest absolute Gasteiger partial charge is 0.314 e. The quantitative estimate of drug-likeness (QED) is 0.669. The lowest BCUT2D eigenvalue weighted by Crippen LogP contribution is -2.43. The molecule has 0 bridgehead atoms. The van der Waals surface area contributed by atoms with Gasteiger partial charge in [-0.05, 0) is 51.2 Å². The molecule has 2 aliphatic rings. The van der Waals surface area contributed by atoms with Crippen molar-refractivity contribution in [2.45, 2.75) is 31.7 Å². The molecule has 1 saturated carbocycles. The van der Waals surface area contributed by atoms with Gasteiger partial charge in [0.1, 0.15) is 0 Å². The monoisotopic (exact) mass is 194 g/mol. The average Bonchev–Trinajstić information content (AvgIpc) is 3.01. The fraction of sp³-hybridized carbons (Fsp3) is 0.833. The van der Waals surface area contributed by atoms with E-state index in [1.807, 2.05) is 6.08 Å². The Morgan fingerprint density at radius 2 is 1.93 bits per heavy atom. The van der Waals surface area contributed by atoms with E-state index in [2.05, 4.69) is 16.8 Å². The van der Waals surface area contributed by atoms with E-state index in [-0.39, 0.29) is 0 Å². The van der Waals surface area contributed by atoms with Crippen molar-refractivity contribution < 1.29 is 0 Å². The smallest absolute Gasteiger partial charge is 0.0160 e. The van der Waals surface area contributed by atoms with Gasteiger partial charge in [0.25, 0.3) is 0 Å². The van der Waals surface area contributed by atoms with Crippen molar-refractivity contribution in [1.29, 1.82) is 0 Å². The van der Waals surface area contributed by atoms with Crippen LogP contribution in [0.25, 0.3) is 0 Å². The van der Waals surface area contributed by atoms with Crippen molar-refractivity contribution in [3.05, 3.63) is 12.7 Å². The van der Waals surface area contributed by atoms with Crippen molar-refractivity contribution in [2.24, 2.45) is 5.92 Å². The van der Waals surface area contributed by atoms with Gasteiger partial charge in [-0.25, -0.2) is 0 Å². The lowest BCUT2D eigenvalue weighted by atomic mass is 10.0. The maximum Gasteiger partial charge on any atom is 0.0160 e. The first-order valence-electron chi connectivity index (χ1n) is 5.95. The molecule has 0 amide bonds. The number of nitrogens with zero attached hydrogens (tertiary/aromatic N) is 1. The number of rotatable bonds is 5. The highest BCUT2D eigenvalue weighted by molar-refractivity contribution is 4.83. The second-order valence-electron chi connectivity index (χ2n) is 4.72. The first kappa shape index (κ1) is 10.2. The van der Waals surface area contributed by atoms with Crippen LogP contribution in [-0.2, 0) is 0 Å². The van der Waals surface area contributed by atoms with E-state index >= 15 is 0 Å². The zero-order chi connectivity index (χ0) is 9.80. The van der Waals surface area contributed by atoms with Gasteiger partial charge >= 0.3 is 0 Å². The SMILES string of the molecule is C=CCN1CCC(NCC2CC2)CC1. The van der Waals surface area contributed by atoms with Crippen LogP contribution in [0.1, 0.15) is 25.7 Å². The predicted octanol–water partition coefficient (Wildman–Crippen LogP) is 1.64. The van der Waals surface area contributed by atoms with Gasteiger partial charge in [-0.1, -0.05) is 6.08 Å². The maximum absolute atomic E-state index is 3.78. The molecule has 0 atom stereocenters. The number of hydrogen-bond donors (Lipinski definition) is 1. The van der Waals surface area contributed by atoms with Crippen molar-refractivity contribution >= 4 is 0 Å². The van der Waals surface area contributed by atoms with E-state index in [1.54, 1.807) is 0 Å². The standard InChI is InChI=1S/C12H22N2/c1-2-7-14-8-5-12(6-9-14)13-10-11-3-4-11/h2,11-13H,1,3-10H2. The highest BCUT2D eigenvalue weighted by Crippen LogP contribution is 2.28. The number of hydrogen-bond acceptors (Lipinski definition) is 2. The van der Waals surface area contributed by atoms with Gasteiger partial charge in [0.05, 0.1) is 0 Å². The fourth-order valence-electron chi connectivity index (χ4n) is 2.16. The Kier molecular flexibility index (Phi) is 3.60. The molecule has 0 aromatic heterocycles. The van der Waals surface area contributed by atoms with Gasteiger partial charge in [0, 0.05) is 12.6 Å². The summed E-state index contributed by atoms with van der Waals surface area (Å²) in [6.45, 7) is 8.61. The minimum absolute atomic E-state index is 0.789. The fourth-order valence-corrected chi connectivity index (χ4v) is 2.16. The Balaban J connectivity index is 1.59. The average molecular weight is 194 g/mol. The predicted molar refractivity (Wildman–Crippen MR) is 60.4 cm³/mol. The summed E-state index contributed by atoms with van der Waals surface area (Å²) in [5.41, 5.74) is 0. The summed E-state index contributed by atoms with van der Waals surface area (Å²) in [7, 11) is 0. The van der Waals surface area contributed by atoms with Crippen LogP contribution >= 0.6 is 0 Å². The van der Waals surface area contributed by atoms with Crippen LogP contribution in [-0.4, -0.2) is 37.1 Å². The normalized spacial score (nSPS) is 25.1. The Bertz CT molecular complexity index is 179. The Morgan fingerprint density at radius 1 is 1.21 bits per heavy atom. The summed E-state index contributed by atoms with van der Waals surface area (Å²) in [6.07, 6.45) is 7.57. The topological polar surface area (TPSA) is 15.3 Å². The molecule has 1 aliphatic heterocycles. The second-order valence-corrected chi connectivity index (χ2v) is 4.72. The van der Waals surface area contributed by atoms with Crippen LogP contribution in [0, 0.1) is 5.92 Å². The third-order valence-electron chi connectivity index (χ3n) is 3.37. The molecule has 0 aromatic carbocycles. The van der Waals surface area contributed by atoms with Crippen molar-refractivity contribution in [3.63, 3.8) is 0 Å². The van der Waals surface area contributed by atoms with Gasteiger partial charge in [0.2, 0.25) is 0 Å². The lowest BCUT2D eigenvalue weighted by Gasteiger charge is -2.31. The van der Waals surface area contributed by atoms with Gasteiger partial charge in [-0.2, -0.15) is 0 Å². The minimum Gasteiger partial charge on any atom is -0.314 e. The molecule has 2 nitrogen and oxygen atoms in total. The van der Waals surface area contributed by atoms with E-state index in [4.69, 9.17) is 0 Å². The van der Waals surface area contributed by atoms with Crippen molar-refractivity contribution in [3.8, 4) is 0 Å². The highest BCUT2D eigenvalue weighted by atomic mass is 15.1. The summed E-state index contributed by atoms with van der Waals surface area (Å²) < 4.78 is 0. The first-order valence-corrected chi connectivity index (χ1v) is 5.95. The lowest BCUT2D eigenvalue weighted by molar-refractivity contribution is 0.214. The summed E-state index contributed by atoms with van der Waals surface area (Å²) >= 11 is 0. The van der Waals surface area contributed by atoms with Crippen LogP contribution in [0.2, 0.25) is 0 Å². The molecule has 0 radical (unpaired) electrons. The molecule has 0 unspecified atom stereocenters. The van der Waals surface area contributed by atoms with Crippen LogP contribution in [0.5, 0.6) is 0 Å². The Labute approximate surface area is 87.4 Å². The van der Waals surface area contributed by atoms with Gasteiger partial charge in [-0.15, -0.1) is 6.58 Å². The summed E-state index contributed by atoms with van der Waals surface area (Å²) in [4.78, 5) is 2.49. The molecule has 1 saturated heterocycles. The minimum atomic E-state index is 0.789. The first-order chi connectivity index (χ1) is 6.88. The molecule has 2 rings (SSSR count). The molecule has 1 N–H and O–H groups in total. The molecule has 1 heterocycles. The van der Waals surface area contributed by atoms with E-state index in [0.29, 0.717) is 0 Å². The summed E-state index contributed by atoms with van der Waals surface area (Å²) in [5, 5.41) is 3.69. The van der Waals surface area contributed by atoms with Crippen molar-refractivity contribution in [2.75, 3.05) is 26.2 Å². The van der Waals surface area contributed by atoms with Crippen LogP contribution in [0.3, 0.4) is 0 Å². The van der Waals surface area contributed by atoms with E-state index < -0.39 is 0 Å². The van der Waals surface area contributed by atoms with Crippen LogP contribution in [0.4, 0.5) is 0 Å². The van der Waals surface area contributed by atoms with E-state index in [1.165, 1.54) is 45.3 Å². The Morgan fingerprint density at radius 3 is 2.50 bits per heavy atom. The third-order valence-corrected chi connectivity index (χ3v) is 3.37. The molecule has 0 spiro atoms. The van der Waals surface area contributed by atoms with E-state index in [0.717, 1.165) is 18.5 Å². The van der Waals surface area contributed by atoms with Gasteiger partial charge < -0.3 is 5.32 Å². The molecule has 1 aliphatic carbocycles. The number of piperidine rings is 1. The highest BCUT2D eigenvalue weighted by Gasteiger charge is 2.23. The Hall–Kier alpha value is -0.340. The zero-order valence-corrected chi connectivity index (χ0v) is 9.04. The molecule has 0 aromatic rings. The maximum atomic E-state index is 3.78. The van der Waals surface area contributed by atoms with Gasteiger partial charge in [-0.3, -0.25) is 4.90 Å². The van der Waals surface area contributed by atoms with Crippen LogP contribution in [0.15, 0.2) is 12.7 Å². The molecule has 80 valence electrons.